The zero-order valence-electron chi connectivity index (χ0n) is 9.62. The van der Waals surface area contributed by atoms with Crippen LogP contribution in [0.4, 0.5) is 0 Å². The van der Waals surface area contributed by atoms with Crippen molar-refractivity contribution in [2.24, 2.45) is 11.8 Å². The lowest BCUT2D eigenvalue weighted by molar-refractivity contribution is 0.0702. The van der Waals surface area contributed by atoms with E-state index < -0.39 is 5.97 Å². The molecule has 88 valence electrons. The Bertz CT molecular complexity index is 400. The van der Waals surface area contributed by atoms with Crippen LogP contribution in [0, 0.1) is 18.8 Å². The maximum Gasteiger partial charge on any atom is 0.345 e. The Kier molecular flexibility index (Phi) is 3.30. The SMILES string of the molecule is Cc1sc(C(=O)O)cc1CNCC1CC1C. The number of nitrogens with one attached hydrogen (secondary N) is 1. The normalized spacial score (nSPS) is 23.4. The minimum absolute atomic E-state index is 0.439. The molecule has 1 aromatic heterocycles. The molecule has 0 aliphatic heterocycles. The van der Waals surface area contributed by atoms with Crippen molar-refractivity contribution < 1.29 is 9.90 Å². The maximum absolute atomic E-state index is 10.8. The predicted octanol–water partition coefficient (Wildman–Crippen LogP) is 2.50. The summed E-state index contributed by atoms with van der Waals surface area (Å²) in [5, 5.41) is 12.3. The van der Waals surface area contributed by atoms with Gasteiger partial charge in [0.1, 0.15) is 4.88 Å². The van der Waals surface area contributed by atoms with E-state index in [4.69, 9.17) is 5.11 Å². The average molecular weight is 239 g/mol. The van der Waals surface area contributed by atoms with Gasteiger partial charge in [-0.05, 0) is 43.4 Å². The third-order valence-electron chi connectivity index (χ3n) is 3.23. The lowest BCUT2D eigenvalue weighted by atomic mass is 10.2. The van der Waals surface area contributed by atoms with E-state index in [1.54, 1.807) is 6.07 Å². The summed E-state index contributed by atoms with van der Waals surface area (Å²) in [6.07, 6.45) is 1.33. The molecule has 0 spiro atoms. The van der Waals surface area contributed by atoms with Crippen LogP contribution in [0.15, 0.2) is 6.07 Å². The van der Waals surface area contributed by atoms with Crippen molar-refractivity contribution in [3.8, 4) is 0 Å². The zero-order valence-corrected chi connectivity index (χ0v) is 10.4. The van der Waals surface area contributed by atoms with Crippen LogP contribution in [0.1, 0.15) is 33.5 Å². The molecule has 0 radical (unpaired) electrons. The van der Waals surface area contributed by atoms with Gasteiger partial charge in [-0.2, -0.15) is 0 Å². The van der Waals surface area contributed by atoms with Crippen LogP contribution in [0.3, 0.4) is 0 Å². The van der Waals surface area contributed by atoms with E-state index in [1.807, 2.05) is 6.92 Å². The highest BCUT2D eigenvalue weighted by Gasteiger charge is 2.31. The molecule has 16 heavy (non-hydrogen) atoms. The number of carbonyl (C=O) groups is 1. The Balaban J connectivity index is 1.86. The minimum atomic E-state index is -0.824. The van der Waals surface area contributed by atoms with Crippen LogP contribution in [-0.4, -0.2) is 17.6 Å². The molecular formula is C12H17NO2S. The average Bonchev–Trinajstić information content (AvgIpc) is 2.77. The van der Waals surface area contributed by atoms with Gasteiger partial charge in [0.2, 0.25) is 0 Å². The fourth-order valence-corrected chi connectivity index (χ4v) is 2.76. The smallest absolute Gasteiger partial charge is 0.345 e. The molecule has 2 atom stereocenters. The van der Waals surface area contributed by atoms with Gasteiger partial charge < -0.3 is 10.4 Å². The fourth-order valence-electron chi connectivity index (χ4n) is 1.88. The molecule has 3 nitrogen and oxygen atoms in total. The Morgan fingerprint density at radius 3 is 2.88 bits per heavy atom. The van der Waals surface area contributed by atoms with Gasteiger partial charge >= 0.3 is 5.97 Å². The maximum atomic E-state index is 10.8. The topological polar surface area (TPSA) is 49.3 Å². The Labute approximate surface area is 99.5 Å². The summed E-state index contributed by atoms with van der Waals surface area (Å²) in [5.41, 5.74) is 1.12. The number of rotatable bonds is 5. The van der Waals surface area contributed by atoms with E-state index in [0.717, 1.165) is 35.4 Å². The number of hydrogen-bond donors (Lipinski definition) is 2. The van der Waals surface area contributed by atoms with Gasteiger partial charge in [-0.3, -0.25) is 0 Å². The van der Waals surface area contributed by atoms with E-state index >= 15 is 0 Å². The first kappa shape index (κ1) is 11.6. The van der Waals surface area contributed by atoms with E-state index in [-0.39, 0.29) is 0 Å². The number of hydrogen-bond acceptors (Lipinski definition) is 3. The molecule has 0 saturated heterocycles. The van der Waals surface area contributed by atoms with Gasteiger partial charge in [-0.1, -0.05) is 6.92 Å². The molecule has 0 amide bonds. The molecular weight excluding hydrogens is 222 g/mol. The highest BCUT2D eigenvalue weighted by molar-refractivity contribution is 7.14. The van der Waals surface area contributed by atoms with Crippen LogP contribution in [0.2, 0.25) is 0 Å². The predicted molar refractivity (Wildman–Crippen MR) is 65.0 cm³/mol. The largest absolute Gasteiger partial charge is 0.477 e. The second-order valence-corrected chi connectivity index (χ2v) is 5.86. The third kappa shape index (κ3) is 2.62. The van der Waals surface area contributed by atoms with Gasteiger partial charge in [-0.15, -0.1) is 11.3 Å². The van der Waals surface area contributed by atoms with Crippen molar-refractivity contribution in [1.82, 2.24) is 5.32 Å². The molecule has 1 saturated carbocycles. The third-order valence-corrected chi connectivity index (χ3v) is 4.31. The van der Waals surface area contributed by atoms with E-state index in [9.17, 15) is 4.79 Å². The Morgan fingerprint density at radius 2 is 2.38 bits per heavy atom. The summed E-state index contributed by atoms with van der Waals surface area (Å²) >= 11 is 1.36. The van der Waals surface area contributed by atoms with Crippen molar-refractivity contribution in [2.75, 3.05) is 6.54 Å². The van der Waals surface area contributed by atoms with Crippen LogP contribution in [0.5, 0.6) is 0 Å². The van der Waals surface area contributed by atoms with Crippen LogP contribution < -0.4 is 5.32 Å². The first-order chi connectivity index (χ1) is 7.58. The summed E-state index contributed by atoms with van der Waals surface area (Å²) in [6, 6.07) is 1.78. The van der Waals surface area contributed by atoms with E-state index in [1.165, 1.54) is 17.8 Å². The molecule has 0 bridgehead atoms. The van der Waals surface area contributed by atoms with Gasteiger partial charge in [-0.25, -0.2) is 4.79 Å². The van der Waals surface area contributed by atoms with Crippen molar-refractivity contribution in [2.45, 2.75) is 26.8 Å². The summed E-state index contributed by atoms with van der Waals surface area (Å²) in [6.45, 7) is 6.09. The summed E-state index contributed by atoms with van der Waals surface area (Å²) in [5.74, 6) is 0.874. The number of thiophene rings is 1. The van der Waals surface area contributed by atoms with Crippen molar-refractivity contribution in [1.29, 1.82) is 0 Å². The molecule has 1 heterocycles. The van der Waals surface area contributed by atoms with Gasteiger partial charge in [0.05, 0.1) is 0 Å². The molecule has 4 heteroatoms. The molecule has 1 aliphatic carbocycles. The molecule has 2 N–H and O–H groups in total. The fraction of sp³-hybridized carbons (Fsp3) is 0.583. The first-order valence-corrected chi connectivity index (χ1v) is 6.43. The van der Waals surface area contributed by atoms with Crippen LogP contribution >= 0.6 is 11.3 Å². The second kappa shape index (κ2) is 4.55. The monoisotopic (exact) mass is 239 g/mol. The number of aromatic carboxylic acids is 1. The summed E-state index contributed by atoms with van der Waals surface area (Å²) in [4.78, 5) is 12.3. The van der Waals surface area contributed by atoms with Crippen molar-refractivity contribution in [3.05, 3.63) is 21.4 Å². The lowest BCUT2D eigenvalue weighted by Crippen LogP contribution is -2.16. The van der Waals surface area contributed by atoms with Crippen molar-refractivity contribution in [3.63, 3.8) is 0 Å². The van der Waals surface area contributed by atoms with Crippen molar-refractivity contribution >= 4 is 17.3 Å². The van der Waals surface area contributed by atoms with Crippen LogP contribution in [0.25, 0.3) is 0 Å². The van der Waals surface area contributed by atoms with E-state index in [0.29, 0.717) is 4.88 Å². The van der Waals surface area contributed by atoms with Gasteiger partial charge in [0.15, 0.2) is 0 Å². The lowest BCUT2D eigenvalue weighted by Gasteiger charge is -2.02. The summed E-state index contributed by atoms with van der Waals surface area (Å²) in [7, 11) is 0. The van der Waals surface area contributed by atoms with Gasteiger partial charge in [0, 0.05) is 11.4 Å². The second-order valence-electron chi connectivity index (χ2n) is 4.60. The molecule has 2 unspecified atom stereocenters. The zero-order chi connectivity index (χ0) is 11.7. The Hall–Kier alpha value is -0.870. The van der Waals surface area contributed by atoms with E-state index in [2.05, 4.69) is 12.2 Å². The minimum Gasteiger partial charge on any atom is -0.477 e. The quantitative estimate of drug-likeness (QED) is 0.830. The molecule has 1 aromatic rings. The highest BCUT2D eigenvalue weighted by atomic mass is 32.1. The molecule has 0 aromatic carbocycles. The van der Waals surface area contributed by atoms with Crippen LogP contribution in [-0.2, 0) is 6.54 Å². The number of aryl methyl sites for hydroxylation is 1. The highest BCUT2D eigenvalue weighted by Crippen LogP contribution is 2.36. The van der Waals surface area contributed by atoms with Gasteiger partial charge in [0.25, 0.3) is 0 Å². The molecule has 1 fully saturated rings. The molecule has 1 aliphatic rings. The number of carboxylic acids is 1. The standard InChI is InChI=1S/C12H17NO2S/c1-7-3-9(7)5-13-6-10-4-11(12(14)15)16-8(10)2/h4,7,9,13H,3,5-6H2,1-2H3,(H,14,15). The summed E-state index contributed by atoms with van der Waals surface area (Å²) < 4.78 is 0. The molecule has 2 rings (SSSR count). The Morgan fingerprint density at radius 1 is 1.69 bits per heavy atom. The number of carboxylic acid groups (broad SMARTS) is 1. The first-order valence-electron chi connectivity index (χ1n) is 5.61.